The van der Waals surface area contributed by atoms with Gasteiger partial charge in [-0.2, -0.15) is 0 Å². The molecule has 0 radical (unpaired) electrons. The number of carbonyl (C=O) groups is 1. The van der Waals surface area contributed by atoms with Gasteiger partial charge in [-0.15, -0.1) is 11.3 Å². The first-order valence-electron chi connectivity index (χ1n) is 7.68. The number of amides is 1. The number of nitrogens with two attached hydrogens (primary N) is 1. The van der Waals surface area contributed by atoms with Gasteiger partial charge in [-0.05, 0) is 43.5 Å². The van der Waals surface area contributed by atoms with Crippen LogP contribution in [-0.2, 0) is 10.3 Å². The summed E-state index contributed by atoms with van der Waals surface area (Å²) < 4.78 is 24.7. The zero-order valence-electron chi connectivity index (χ0n) is 13.8. The smallest absolute Gasteiger partial charge is 0.417 e. The Morgan fingerprint density at radius 1 is 1.48 bits per heavy atom. The zero-order valence-corrected chi connectivity index (χ0v) is 14.7. The predicted octanol–water partition coefficient (Wildman–Crippen LogP) is 3.76. The van der Waals surface area contributed by atoms with Gasteiger partial charge in [-0.3, -0.25) is 5.32 Å². The fourth-order valence-electron chi connectivity index (χ4n) is 2.59. The largest absolute Gasteiger partial charge is 0.465 e. The lowest BCUT2D eigenvalue weighted by Gasteiger charge is -2.30. The van der Waals surface area contributed by atoms with Gasteiger partial charge < -0.3 is 15.2 Å². The third-order valence-corrected chi connectivity index (χ3v) is 4.88. The maximum absolute atomic E-state index is 14.3. The number of aliphatic imine (C=N–C) groups is 1. The van der Waals surface area contributed by atoms with Crippen LogP contribution in [-0.4, -0.2) is 18.7 Å². The molecule has 0 unspecified atom stereocenters. The Morgan fingerprint density at radius 2 is 2.28 bits per heavy atom. The molecule has 1 atom stereocenters. The lowest BCUT2D eigenvalue weighted by molar-refractivity contribution is 0.214. The van der Waals surface area contributed by atoms with Crippen molar-refractivity contribution in [2.24, 2.45) is 10.7 Å². The van der Waals surface area contributed by atoms with E-state index in [0.29, 0.717) is 29.3 Å². The Balaban J connectivity index is 1.81. The summed E-state index contributed by atoms with van der Waals surface area (Å²) in [6.45, 7) is 3.98. The molecule has 0 fully saturated rings. The molecule has 0 saturated heterocycles. The van der Waals surface area contributed by atoms with Crippen LogP contribution in [0.3, 0.4) is 0 Å². The highest BCUT2D eigenvalue weighted by Gasteiger charge is 2.33. The second kappa shape index (κ2) is 6.72. The highest BCUT2D eigenvalue weighted by molar-refractivity contribution is 7.12. The number of nitrogens with one attached hydrogen (secondary N) is 1. The topological polar surface area (TPSA) is 85.9 Å². The van der Waals surface area contributed by atoms with Crippen LogP contribution < -0.4 is 15.8 Å². The molecule has 2 heterocycles. The minimum absolute atomic E-state index is 0.0269. The SMILES string of the molecule is Cc1ccsc1OC(=O)Nc1ccc(F)c([C@]2(C)CCOC(N)=N2)c1. The van der Waals surface area contributed by atoms with E-state index in [1.54, 1.807) is 13.0 Å². The number of rotatable bonds is 3. The molecule has 1 aliphatic rings. The van der Waals surface area contributed by atoms with Crippen molar-refractivity contribution in [2.45, 2.75) is 25.8 Å². The van der Waals surface area contributed by atoms with Crippen molar-refractivity contribution < 1.29 is 18.7 Å². The van der Waals surface area contributed by atoms with Crippen LogP contribution in [0.4, 0.5) is 14.9 Å². The fraction of sp³-hybridized carbons (Fsp3) is 0.294. The van der Waals surface area contributed by atoms with Gasteiger partial charge in [0.25, 0.3) is 6.02 Å². The molecule has 2 aromatic rings. The number of nitrogens with zero attached hydrogens (tertiary/aromatic N) is 1. The standard InChI is InChI=1S/C17H18FN3O3S/c1-10-5-8-25-14(10)24-16(22)20-11-3-4-13(18)12(9-11)17(2)6-7-23-15(19)21-17/h3-5,8-9H,6-7H2,1-2H3,(H2,19,21)(H,20,22)/t17-/m0/s1. The van der Waals surface area contributed by atoms with Crippen LogP contribution >= 0.6 is 11.3 Å². The lowest BCUT2D eigenvalue weighted by atomic mass is 9.88. The van der Waals surface area contributed by atoms with Gasteiger partial charge in [0.1, 0.15) is 5.82 Å². The lowest BCUT2D eigenvalue weighted by Crippen LogP contribution is -2.34. The number of hydrogen-bond acceptors (Lipinski definition) is 6. The van der Waals surface area contributed by atoms with Gasteiger partial charge in [0, 0.05) is 23.2 Å². The van der Waals surface area contributed by atoms with Crippen LogP contribution in [0.1, 0.15) is 24.5 Å². The number of hydrogen-bond donors (Lipinski definition) is 2. The van der Waals surface area contributed by atoms with E-state index in [0.717, 1.165) is 5.56 Å². The first-order chi connectivity index (χ1) is 11.9. The molecule has 1 amide bonds. The summed E-state index contributed by atoms with van der Waals surface area (Å²) in [5.74, 6) is -0.422. The summed E-state index contributed by atoms with van der Waals surface area (Å²) in [7, 11) is 0. The Kier molecular flexibility index (Phi) is 4.63. The van der Waals surface area contributed by atoms with Crippen LogP contribution in [0.5, 0.6) is 5.06 Å². The number of ether oxygens (including phenoxy) is 2. The molecule has 0 bridgehead atoms. The number of benzene rings is 1. The summed E-state index contributed by atoms with van der Waals surface area (Å²) in [5.41, 5.74) is 6.40. The zero-order chi connectivity index (χ0) is 18.0. The van der Waals surface area contributed by atoms with E-state index in [1.807, 2.05) is 18.4 Å². The van der Waals surface area contributed by atoms with Crippen LogP contribution in [0.25, 0.3) is 0 Å². The minimum atomic E-state index is -0.849. The summed E-state index contributed by atoms with van der Waals surface area (Å²) in [6, 6.07) is 6.18. The van der Waals surface area contributed by atoms with E-state index in [9.17, 15) is 9.18 Å². The molecule has 3 N–H and O–H groups in total. The third-order valence-electron chi connectivity index (χ3n) is 3.99. The molecule has 6 nitrogen and oxygen atoms in total. The van der Waals surface area contributed by atoms with Gasteiger partial charge in [0.15, 0.2) is 5.06 Å². The van der Waals surface area contributed by atoms with Crippen LogP contribution in [0.2, 0.25) is 0 Å². The fourth-order valence-corrected chi connectivity index (χ4v) is 3.36. The summed E-state index contributed by atoms with van der Waals surface area (Å²) in [5, 5.41) is 4.97. The molecule has 0 saturated carbocycles. The number of halogens is 1. The average molecular weight is 363 g/mol. The van der Waals surface area contributed by atoms with Gasteiger partial charge in [-0.25, -0.2) is 14.2 Å². The molecule has 0 spiro atoms. The molecule has 1 aromatic carbocycles. The number of amidine groups is 1. The maximum atomic E-state index is 14.3. The number of aryl methyl sites for hydroxylation is 1. The van der Waals surface area contributed by atoms with Crippen LogP contribution in [0.15, 0.2) is 34.6 Å². The quantitative estimate of drug-likeness (QED) is 0.869. The van der Waals surface area contributed by atoms with Crippen molar-refractivity contribution in [1.82, 2.24) is 0 Å². The first-order valence-corrected chi connectivity index (χ1v) is 8.56. The number of anilines is 1. The Labute approximate surface area is 148 Å². The molecular formula is C17H18FN3O3S. The van der Waals surface area contributed by atoms with E-state index in [4.69, 9.17) is 15.2 Å². The van der Waals surface area contributed by atoms with Crippen molar-refractivity contribution in [1.29, 1.82) is 0 Å². The van der Waals surface area contributed by atoms with E-state index in [1.165, 1.54) is 23.5 Å². The van der Waals surface area contributed by atoms with Crippen LogP contribution in [0, 0.1) is 12.7 Å². The van der Waals surface area contributed by atoms with E-state index in [2.05, 4.69) is 10.3 Å². The average Bonchev–Trinajstić information content (AvgIpc) is 2.94. The van der Waals surface area contributed by atoms with Gasteiger partial charge in [0.2, 0.25) is 0 Å². The highest BCUT2D eigenvalue weighted by atomic mass is 32.1. The van der Waals surface area contributed by atoms with Crippen molar-refractivity contribution in [2.75, 3.05) is 11.9 Å². The molecular weight excluding hydrogens is 345 g/mol. The summed E-state index contributed by atoms with van der Waals surface area (Å²) in [6.07, 6.45) is -0.157. The molecule has 1 aromatic heterocycles. The Hall–Kier alpha value is -2.61. The van der Waals surface area contributed by atoms with E-state index >= 15 is 0 Å². The Morgan fingerprint density at radius 3 is 2.96 bits per heavy atom. The van der Waals surface area contributed by atoms with Gasteiger partial charge >= 0.3 is 6.09 Å². The summed E-state index contributed by atoms with van der Waals surface area (Å²) in [4.78, 5) is 16.3. The second-order valence-corrected chi connectivity index (χ2v) is 6.80. The number of thiophene rings is 1. The van der Waals surface area contributed by atoms with E-state index < -0.39 is 17.4 Å². The van der Waals surface area contributed by atoms with Gasteiger partial charge in [-0.1, -0.05) is 0 Å². The van der Waals surface area contributed by atoms with E-state index in [-0.39, 0.29) is 6.02 Å². The molecule has 0 aliphatic carbocycles. The van der Waals surface area contributed by atoms with Crippen molar-refractivity contribution >= 4 is 29.1 Å². The first kappa shape index (κ1) is 17.2. The molecule has 8 heteroatoms. The monoisotopic (exact) mass is 363 g/mol. The molecule has 25 heavy (non-hydrogen) atoms. The van der Waals surface area contributed by atoms with Gasteiger partial charge in [0.05, 0.1) is 12.1 Å². The molecule has 1 aliphatic heterocycles. The van der Waals surface area contributed by atoms with Crippen molar-refractivity contribution in [3.05, 3.63) is 46.6 Å². The normalized spacial score (nSPS) is 19.7. The molecule has 132 valence electrons. The van der Waals surface area contributed by atoms with Crippen molar-refractivity contribution in [3.63, 3.8) is 0 Å². The number of carbonyl (C=O) groups excluding carboxylic acids is 1. The third kappa shape index (κ3) is 3.74. The van der Waals surface area contributed by atoms with Crippen molar-refractivity contribution in [3.8, 4) is 5.06 Å². The predicted molar refractivity (Wildman–Crippen MR) is 94.6 cm³/mol. The highest BCUT2D eigenvalue weighted by Crippen LogP contribution is 2.35. The molecule has 3 rings (SSSR count). The minimum Gasteiger partial charge on any atom is -0.465 e. The second-order valence-electron chi connectivity index (χ2n) is 5.92. The Bertz CT molecular complexity index is 836. The maximum Gasteiger partial charge on any atom is 0.417 e. The summed E-state index contributed by atoms with van der Waals surface area (Å²) >= 11 is 1.33.